The maximum absolute atomic E-state index is 13.1. The van der Waals surface area contributed by atoms with E-state index in [-0.39, 0.29) is 17.8 Å². The Balaban J connectivity index is 1.73. The van der Waals surface area contributed by atoms with Crippen LogP contribution in [0.5, 0.6) is 0 Å². The minimum absolute atomic E-state index is 0.122. The van der Waals surface area contributed by atoms with E-state index in [9.17, 15) is 9.18 Å². The molecule has 0 saturated carbocycles. The highest BCUT2D eigenvalue weighted by atomic mass is 32.1. The third kappa shape index (κ3) is 3.82. The van der Waals surface area contributed by atoms with E-state index in [1.165, 1.54) is 23.5 Å². The molecule has 0 spiro atoms. The number of ether oxygens (including phenoxy) is 1. The first kappa shape index (κ1) is 17.0. The Labute approximate surface area is 145 Å². The van der Waals surface area contributed by atoms with Crippen LogP contribution >= 0.6 is 11.3 Å². The van der Waals surface area contributed by atoms with Crippen LogP contribution in [-0.4, -0.2) is 42.1 Å². The maximum Gasteiger partial charge on any atom is 0.227 e. The first-order chi connectivity index (χ1) is 11.6. The lowest BCUT2D eigenvalue weighted by Gasteiger charge is -2.31. The monoisotopic (exact) mass is 348 g/mol. The van der Waals surface area contributed by atoms with Gasteiger partial charge >= 0.3 is 0 Å². The summed E-state index contributed by atoms with van der Waals surface area (Å²) < 4.78 is 18.5. The molecule has 1 aliphatic rings. The SMILES string of the molecule is COC1CCN(C(=O)Cc2sc(C)nc2-c2ccc(F)cc2)CC1. The molecular weight excluding hydrogens is 327 g/mol. The summed E-state index contributed by atoms with van der Waals surface area (Å²) >= 11 is 1.53. The number of aromatic nitrogens is 1. The molecule has 4 nitrogen and oxygen atoms in total. The number of rotatable bonds is 4. The molecule has 2 heterocycles. The molecule has 3 rings (SSSR count). The highest BCUT2D eigenvalue weighted by Crippen LogP contribution is 2.29. The normalized spacial score (nSPS) is 15.7. The molecule has 0 unspecified atom stereocenters. The van der Waals surface area contributed by atoms with E-state index >= 15 is 0 Å². The van der Waals surface area contributed by atoms with E-state index in [0.29, 0.717) is 6.42 Å². The fourth-order valence-corrected chi connectivity index (χ4v) is 3.96. The molecule has 0 atom stereocenters. The summed E-state index contributed by atoms with van der Waals surface area (Å²) in [5.41, 5.74) is 1.64. The number of hydrogen-bond donors (Lipinski definition) is 0. The van der Waals surface area contributed by atoms with Crippen molar-refractivity contribution in [3.05, 3.63) is 40.0 Å². The van der Waals surface area contributed by atoms with Gasteiger partial charge in [0.25, 0.3) is 0 Å². The van der Waals surface area contributed by atoms with Gasteiger partial charge in [-0.2, -0.15) is 0 Å². The zero-order valence-electron chi connectivity index (χ0n) is 13.9. The predicted molar refractivity (Wildman–Crippen MR) is 92.6 cm³/mol. The summed E-state index contributed by atoms with van der Waals surface area (Å²) in [6.45, 7) is 3.40. The number of carbonyl (C=O) groups is 1. The van der Waals surface area contributed by atoms with Crippen LogP contribution in [-0.2, 0) is 16.0 Å². The Morgan fingerprint density at radius 3 is 2.62 bits per heavy atom. The maximum atomic E-state index is 13.1. The van der Waals surface area contributed by atoms with Crippen LogP contribution < -0.4 is 0 Å². The summed E-state index contributed by atoms with van der Waals surface area (Å²) in [5, 5.41) is 0.912. The van der Waals surface area contributed by atoms with Crippen molar-refractivity contribution in [2.75, 3.05) is 20.2 Å². The second kappa shape index (κ2) is 7.40. The Kier molecular flexibility index (Phi) is 5.26. The van der Waals surface area contributed by atoms with E-state index in [2.05, 4.69) is 4.98 Å². The number of halogens is 1. The zero-order valence-corrected chi connectivity index (χ0v) is 14.7. The molecule has 0 aliphatic carbocycles. The van der Waals surface area contributed by atoms with Gasteiger partial charge in [0, 0.05) is 30.6 Å². The summed E-state index contributed by atoms with van der Waals surface area (Å²) in [6.07, 6.45) is 2.37. The van der Waals surface area contributed by atoms with Crippen molar-refractivity contribution in [2.45, 2.75) is 32.3 Å². The number of aryl methyl sites for hydroxylation is 1. The van der Waals surface area contributed by atoms with E-state index in [1.54, 1.807) is 19.2 Å². The second-order valence-electron chi connectivity index (χ2n) is 6.00. The lowest BCUT2D eigenvalue weighted by Crippen LogP contribution is -2.41. The van der Waals surface area contributed by atoms with Crippen molar-refractivity contribution >= 4 is 17.2 Å². The molecule has 6 heteroatoms. The molecule has 0 bridgehead atoms. The van der Waals surface area contributed by atoms with Crippen LogP contribution in [0.2, 0.25) is 0 Å². The lowest BCUT2D eigenvalue weighted by molar-refractivity contribution is -0.132. The number of thiazole rings is 1. The number of carbonyl (C=O) groups excluding carboxylic acids is 1. The molecule has 1 aromatic carbocycles. The Morgan fingerprint density at radius 2 is 2.00 bits per heavy atom. The van der Waals surface area contributed by atoms with Gasteiger partial charge in [0.15, 0.2) is 0 Å². The molecule has 0 radical (unpaired) electrons. The van der Waals surface area contributed by atoms with Gasteiger partial charge in [-0.3, -0.25) is 4.79 Å². The van der Waals surface area contributed by atoms with Crippen molar-refractivity contribution in [1.29, 1.82) is 0 Å². The largest absolute Gasteiger partial charge is 0.381 e. The third-order valence-electron chi connectivity index (χ3n) is 4.36. The molecule has 2 aromatic rings. The Morgan fingerprint density at radius 1 is 1.33 bits per heavy atom. The molecule has 128 valence electrons. The third-order valence-corrected chi connectivity index (χ3v) is 5.33. The standard InChI is InChI=1S/C18H21FN2O2S/c1-12-20-18(13-3-5-14(19)6-4-13)16(24-12)11-17(22)21-9-7-15(23-2)8-10-21/h3-6,15H,7-11H2,1-2H3. The smallest absolute Gasteiger partial charge is 0.227 e. The minimum Gasteiger partial charge on any atom is -0.381 e. The van der Waals surface area contributed by atoms with Gasteiger partial charge in [-0.25, -0.2) is 9.37 Å². The lowest BCUT2D eigenvalue weighted by atomic mass is 10.1. The van der Waals surface area contributed by atoms with Crippen molar-refractivity contribution in [1.82, 2.24) is 9.88 Å². The van der Waals surface area contributed by atoms with Gasteiger partial charge in [-0.1, -0.05) is 0 Å². The number of likely N-dealkylation sites (tertiary alicyclic amines) is 1. The van der Waals surface area contributed by atoms with E-state index in [4.69, 9.17) is 4.74 Å². The van der Waals surface area contributed by atoms with Crippen LogP contribution in [0.25, 0.3) is 11.3 Å². The average molecular weight is 348 g/mol. The topological polar surface area (TPSA) is 42.4 Å². The number of hydrogen-bond acceptors (Lipinski definition) is 4. The van der Waals surface area contributed by atoms with Crippen molar-refractivity contribution in [2.24, 2.45) is 0 Å². The number of nitrogens with zero attached hydrogens (tertiary/aromatic N) is 2. The molecule has 1 fully saturated rings. The number of benzene rings is 1. The van der Waals surface area contributed by atoms with Crippen molar-refractivity contribution < 1.29 is 13.9 Å². The summed E-state index contributed by atoms with van der Waals surface area (Å²) in [4.78, 5) is 20.0. The number of piperidine rings is 1. The van der Waals surface area contributed by atoms with Gasteiger partial charge in [0.1, 0.15) is 5.82 Å². The van der Waals surface area contributed by atoms with Gasteiger partial charge in [0.05, 0.1) is 23.2 Å². The number of methoxy groups -OCH3 is 1. The van der Waals surface area contributed by atoms with E-state index < -0.39 is 0 Å². The highest BCUT2D eigenvalue weighted by molar-refractivity contribution is 7.12. The summed E-state index contributed by atoms with van der Waals surface area (Å²) in [5.74, 6) is -0.152. The first-order valence-electron chi connectivity index (χ1n) is 8.09. The van der Waals surface area contributed by atoms with E-state index in [1.807, 2.05) is 11.8 Å². The van der Waals surface area contributed by atoms with Gasteiger partial charge in [0.2, 0.25) is 5.91 Å². The molecule has 1 aliphatic heterocycles. The molecule has 1 aromatic heterocycles. The zero-order chi connectivity index (χ0) is 17.1. The van der Waals surface area contributed by atoms with Crippen LogP contribution in [0.3, 0.4) is 0 Å². The van der Waals surface area contributed by atoms with Gasteiger partial charge in [-0.05, 0) is 44.0 Å². The predicted octanol–water partition coefficient (Wildman–Crippen LogP) is 3.44. The van der Waals surface area contributed by atoms with Crippen LogP contribution in [0, 0.1) is 12.7 Å². The van der Waals surface area contributed by atoms with Gasteiger partial charge < -0.3 is 9.64 Å². The minimum atomic E-state index is -0.274. The van der Waals surface area contributed by atoms with Crippen LogP contribution in [0.1, 0.15) is 22.7 Å². The van der Waals surface area contributed by atoms with E-state index in [0.717, 1.165) is 47.1 Å². The fraction of sp³-hybridized carbons (Fsp3) is 0.444. The summed E-state index contributed by atoms with van der Waals surface area (Å²) in [7, 11) is 1.72. The first-order valence-corrected chi connectivity index (χ1v) is 8.91. The van der Waals surface area contributed by atoms with Crippen molar-refractivity contribution in [3.8, 4) is 11.3 Å². The van der Waals surface area contributed by atoms with Crippen LogP contribution in [0.15, 0.2) is 24.3 Å². The highest BCUT2D eigenvalue weighted by Gasteiger charge is 2.24. The molecule has 0 N–H and O–H groups in total. The molecule has 24 heavy (non-hydrogen) atoms. The second-order valence-corrected chi connectivity index (χ2v) is 7.29. The quantitative estimate of drug-likeness (QED) is 0.850. The van der Waals surface area contributed by atoms with Gasteiger partial charge in [-0.15, -0.1) is 11.3 Å². The Bertz CT molecular complexity index is 706. The average Bonchev–Trinajstić information content (AvgIpc) is 2.96. The fourth-order valence-electron chi connectivity index (χ4n) is 3.01. The molecular formula is C18H21FN2O2S. The summed E-state index contributed by atoms with van der Waals surface area (Å²) in [6, 6.07) is 6.26. The van der Waals surface area contributed by atoms with Crippen molar-refractivity contribution in [3.63, 3.8) is 0 Å². The Hall–Kier alpha value is -1.79. The number of amides is 1. The molecule has 1 saturated heterocycles. The van der Waals surface area contributed by atoms with Crippen LogP contribution in [0.4, 0.5) is 4.39 Å². The molecule has 1 amide bonds.